The van der Waals surface area contributed by atoms with Crippen LogP contribution in [-0.2, 0) is 11.2 Å². The standard InChI is InChI=1S/C23H20N2O2S/c1-15(19-8-4-6-17-5-2-3-7-20(17)19)23(27)25-21-13-16(14-24)9-10-18(21)11-12-22(26)28/h2-10,13,15H,11-12H2,1H3,(H,25,27)(H,26,28). The Kier molecular flexibility index (Phi) is 6.03. The summed E-state index contributed by atoms with van der Waals surface area (Å²) < 4.78 is 0. The summed E-state index contributed by atoms with van der Waals surface area (Å²) in [6.45, 7) is 1.87. The summed E-state index contributed by atoms with van der Waals surface area (Å²) >= 11 is 4.74. The van der Waals surface area contributed by atoms with Crippen molar-refractivity contribution in [2.75, 3.05) is 5.32 Å². The third-order valence-corrected chi connectivity index (χ3v) is 4.99. The van der Waals surface area contributed by atoms with Gasteiger partial charge in [-0.25, -0.2) is 0 Å². The fourth-order valence-electron chi connectivity index (χ4n) is 3.23. The van der Waals surface area contributed by atoms with Gasteiger partial charge in [-0.1, -0.05) is 48.5 Å². The van der Waals surface area contributed by atoms with Crippen molar-refractivity contribution in [1.29, 1.82) is 5.26 Å². The molecule has 0 aliphatic carbocycles. The molecule has 0 aliphatic rings. The molecule has 1 atom stereocenters. The number of aryl methyl sites for hydroxylation is 1. The second kappa shape index (κ2) is 8.64. The van der Waals surface area contributed by atoms with Gasteiger partial charge < -0.3 is 10.4 Å². The van der Waals surface area contributed by atoms with Crippen LogP contribution in [0.3, 0.4) is 0 Å². The molecule has 0 radical (unpaired) electrons. The molecule has 0 saturated heterocycles. The molecular weight excluding hydrogens is 368 g/mol. The van der Waals surface area contributed by atoms with E-state index in [-0.39, 0.29) is 16.9 Å². The largest absolute Gasteiger partial charge is 0.502 e. The van der Waals surface area contributed by atoms with E-state index in [0.29, 0.717) is 24.1 Å². The molecule has 2 N–H and O–H groups in total. The van der Waals surface area contributed by atoms with Crippen LogP contribution < -0.4 is 5.32 Å². The average Bonchev–Trinajstić information content (AvgIpc) is 2.71. The first-order valence-electron chi connectivity index (χ1n) is 9.03. The van der Waals surface area contributed by atoms with Crippen molar-refractivity contribution in [3.05, 3.63) is 77.4 Å². The van der Waals surface area contributed by atoms with Crippen molar-refractivity contribution in [2.24, 2.45) is 0 Å². The maximum Gasteiger partial charge on any atom is 0.231 e. The fourth-order valence-corrected chi connectivity index (χ4v) is 3.33. The number of amides is 1. The topological polar surface area (TPSA) is 73.1 Å². The van der Waals surface area contributed by atoms with Crippen LogP contribution in [0.2, 0.25) is 0 Å². The van der Waals surface area contributed by atoms with Gasteiger partial charge in [0.1, 0.15) is 0 Å². The van der Waals surface area contributed by atoms with Crippen LogP contribution in [0.5, 0.6) is 0 Å². The number of hydrogen-bond acceptors (Lipinski definition) is 3. The Morgan fingerprint density at radius 1 is 1.18 bits per heavy atom. The first-order valence-corrected chi connectivity index (χ1v) is 9.43. The Morgan fingerprint density at radius 3 is 2.68 bits per heavy atom. The van der Waals surface area contributed by atoms with Crippen molar-refractivity contribution in [3.63, 3.8) is 0 Å². The number of rotatable bonds is 6. The Hall–Kier alpha value is -3.23. The maximum absolute atomic E-state index is 13.0. The number of aliphatic hydroxyl groups is 1. The summed E-state index contributed by atoms with van der Waals surface area (Å²) in [6, 6.07) is 21.1. The number of anilines is 1. The van der Waals surface area contributed by atoms with Gasteiger partial charge in [0.2, 0.25) is 5.91 Å². The van der Waals surface area contributed by atoms with E-state index in [1.165, 1.54) is 0 Å². The monoisotopic (exact) mass is 388 g/mol. The normalized spacial score (nSPS) is 11.6. The lowest BCUT2D eigenvalue weighted by atomic mass is 9.94. The molecule has 0 fully saturated rings. The van der Waals surface area contributed by atoms with Crippen LogP contribution in [0.4, 0.5) is 5.69 Å². The fraction of sp³-hybridized carbons (Fsp3) is 0.174. The molecule has 28 heavy (non-hydrogen) atoms. The number of nitriles is 1. The van der Waals surface area contributed by atoms with E-state index in [2.05, 4.69) is 11.4 Å². The zero-order valence-electron chi connectivity index (χ0n) is 15.5. The molecule has 5 heteroatoms. The number of fused-ring (bicyclic) bond motifs is 1. The van der Waals surface area contributed by atoms with Gasteiger partial charge in [0, 0.05) is 12.1 Å². The van der Waals surface area contributed by atoms with Crippen LogP contribution in [0.15, 0.2) is 60.7 Å². The molecule has 140 valence electrons. The average molecular weight is 388 g/mol. The zero-order chi connectivity index (χ0) is 20.1. The van der Waals surface area contributed by atoms with E-state index in [1.54, 1.807) is 18.2 Å². The van der Waals surface area contributed by atoms with Crippen LogP contribution in [0.25, 0.3) is 10.8 Å². The van der Waals surface area contributed by atoms with E-state index in [4.69, 9.17) is 12.2 Å². The second-order valence-corrected chi connectivity index (χ2v) is 7.13. The zero-order valence-corrected chi connectivity index (χ0v) is 16.3. The van der Waals surface area contributed by atoms with Crippen molar-refractivity contribution in [2.45, 2.75) is 25.7 Å². The third kappa shape index (κ3) is 4.36. The van der Waals surface area contributed by atoms with Gasteiger partial charge in [0.25, 0.3) is 0 Å². The number of hydrogen-bond donors (Lipinski definition) is 2. The summed E-state index contributed by atoms with van der Waals surface area (Å²) in [6.07, 6.45) is 0.808. The van der Waals surface area contributed by atoms with Crippen molar-refractivity contribution in [1.82, 2.24) is 0 Å². The molecular formula is C23H20N2O2S. The highest BCUT2D eigenvalue weighted by Crippen LogP contribution is 2.28. The van der Waals surface area contributed by atoms with E-state index in [1.807, 2.05) is 49.4 Å². The molecule has 3 aromatic rings. The Balaban J connectivity index is 1.89. The minimum atomic E-state index is -0.372. The van der Waals surface area contributed by atoms with Crippen LogP contribution in [0.1, 0.15) is 36.0 Å². The highest BCUT2D eigenvalue weighted by atomic mass is 32.1. The molecule has 0 heterocycles. The number of benzene rings is 3. The van der Waals surface area contributed by atoms with E-state index in [9.17, 15) is 15.2 Å². The predicted octanol–water partition coefficient (Wildman–Crippen LogP) is 5.27. The minimum absolute atomic E-state index is 0.0780. The first-order chi connectivity index (χ1) is 13.5. The van der Waals surface area contributed by atoms with Crippen LogP contribution in [0, 0.1) is 11.3 Å². The van der Waals surface area contributed by atoms with Gasteiger partial charge in [-0.3, -0.25) is 4.79 Å². The molecule has 0 aromatic heterocycles. The first kappa shape index (κ1) is 19.5. The highest BCUT2D eigenvalue weighted by molar-refractivity contribution is 7.80. The number of carbonyl (C=O) groups excluding carboxylic acids is 1. The summed E-state index contributed by atoms with van der Waals surface area (Å²) in [5, 5.41) is 23.5. The van der Waals surface area contributed by atoms with E-state index < -0.39 is 0 Å². The van der Waals surface area contributed by atoms with Gasteiger partial charge in [-0.05, 0) is 59.6 Å². The summed E-state index contributed by atoms with van der Waals surface area (Å²) in [7, 11) is 0. The number of aliphatic hydroxyl groups excluding tert-OH is 1. The summed E-state index contributed by atoms with van der Waals surface area (Å²) in [5.74, 6) is -0.525. The van der Waals surface area contributed by atoms with Crippen LogP contribution in [-0.4, -0.2) is 16.1 Å². The highest BCUT2D eigenvalue weighted by Gasteiger charge is 2.19. The smallest absolute Gasteiger partial charge is 0.231 e. The molecule has 1 amide bonds. The molecule has 0 bridgehead atoms. The van der Waals surface area contributed by atoms with Gasteiger partial charge in [-0.15, -0.1) is 0 Å². The Labute approximate surface area is 169 Å². The maximum atomic E-state index is 13.0. The lowest BCUT2D eigenvalue weighted by Crippen LogP contribution is -2.20. The van der Waals surface area contributed by atoms with E-state index in [0.717, 1.165) is 21.9 Å². The van der Waals surface area contributed by atoms with Crippen molar-refractivity contribution in [3.8, 4) is 6.07 Å². The quantitative estimate of drug-likeness (QED) is 0.564. The molecule has 0 aliphatic heterocycles. The van der Waals surface area contributed by atoms with Crippen molar-refractivity contribution < 1.29 is 9.90 Å². The van der Waals surface area contributed by atoms with Crippen molar-refractivity contribution >= 4 is 39.6 Å². The van der Waals surface area contributed by atoms with Gasteiger partial charge in [0.05, 0.1) is 17.6 Å². The Bertz CT molecular complexity index is 1080. The molecule has 1 unspecified atom stereocenters. The summed E-state index contributed by atoms with van der Waals surface area (Å²) in [4.78, 5) is 13.0. The van der Waals surface area contributed by atoms with Gasteiger partial charge in [0.15, 0.2) is 5.05 Å². The Morgan fingerprint density at radius 2 is 1.93 bits per heavy atom. The molecule has 4 nitrogen and oxygen atoms in total. The molecule has 0 saturated carbocycles. The molecule has 3 rings (SSSR count). The number of carbonyl (C=O) groups is 1. The number of nitrogens with zero attached hydrogens (tertiary/aromatic N) is 1. The third-order valence-electron chi connectivity index (χ3n) is 4.79. The lowest BCUT2D eigenvalue weighted by Gasteiger charge is -2.17. The number of nitrogens with one attached hydrogen (secondary N) is 1. The SMILES string of the molecule is CC(C(=O)Nc1cc(C#N)ccc1CCC(O)=S)c1cccc2ccccc12. The second-order valence-electron chi connectivity index (χ2n) is 6.66. The predicted molar refractivity (Wildman–Crippen MR) is 116 cm³/mol. The minimum Gasteiger partial charge on any atom is -0.502 e. The summed E-state index contributed by atoms with van der Waals surface area (Å²) in [5.41, 5.74) is 2.81. The molecule has 3 aromatic carbocycles. The van der Waals surface area contributed by atoms with E-state index >= 15 is 0 Å². The van der Waals surface area contributed by atoms with Crippen LogP contribution >= 0.6 is 12.2 Å². The lowest BCUT2D eigenvalue weighted by molar-refractivity contribution is -0.117. The van der Waals surface area contributed by atoms with Gasteiger partial charge >= 0.3 is 0 Å². The number of thiocarbonyl (C=S) groups is 1. The molecule has 0 spiro atoms. The van der Waals surface area contributed by atoms with Gasteiger partial charge in [-0.2, -0.15) is 5.26 Å².